The van der Waals surface area contributed by atoms with Crippen molar-refractivity contribution in [3.63, 3.8) is 0 Å². The van der Waals surface area contributed by atoms with Crippen LogP contribution in [-0.2, 0) is 15.7 Å². The third kappa shape index (κ3) is 7.33. The van der Waals surface area contributed by atoms with Crippen LogP contribution in [0.25, 0.3) is 16.8 Å². The summed E-state index contributed by atoms with van der Waals surface area (Å²) in [6.45, 7) is 5.21. The fourth-order valence-corrected chi connectivity index (χ4v) is 4.40. The van der Waals surface area contributed by atoms with Crippen LogP contribution >= 0.6 is 0 Å². The third-order valence-corrected chi connectivity index (χ3v) is 6.35. The quantitative estimate of drug-likeness (QED) is 0.180. The second-order valence-corrected chi connectivity index (χ2v) is 10.9. The Morgan fingerprint density at radius 2 is 1.50 bits per heavy atom. The lowest BCUT2D eigenvalue weighted by molar-refractivity contribution is -0.137. The lowest BCUT2D eigenvalue weighted by Crippen LogP contribution is -2.40. The van der Waals surface area contributed by atoms with Crippen molar-refractivity contribution in [2.45, 2.75) is 38.6 Å². The maximum atomic E-state index is 13.4. The van der Waals surface area contributed by atoms with Crippen molar-refractivity contribution < 1.29 is 27.5 Å². The lowest BCUT2D eigenvalue weighted by Gasteiger charge is -2.23. The van der Waals surface area contributed by atoms with Crippen molar-refractivity contribution in [1.29, 1.82) is 0 Å². The summed E-state index contributed by atoms with van der Waals surface area (Å²) in [7, 11) is 0. The van der Waals surface area contributed by atoms with Crippen molar-refractivity contribution in [1.82, 2.24) is 19.9 Å². The first-order valence-corrected chi connectivity index (χ1v) is 13.6. The van der Waals surface area contributed by atoms with E-state index in [4.69, 9.17) is 4.74 Å². The Labute approximate surface area is 251 Å². The fourth-order valence-electron chi connectivity index (χ4n) is 4.40. The molecular weight excluding hydrogens is 573 g/mol. The predicted molar refractivity (Wildman–Crippen MR) is 160 cm³/mol. The van der Waals surface area contributed by atoms with Gasteiger partial charge in [0.25, 0.3) is 5.91 Å². The molecule has 0 aliphatic rings. The van der Waals surface area contributed by atoms with E-state index in [1.807, 2.05) is 6.07 Å². The summed E-state index contributed by atoms with van der Waals surface area (Å²) in [4.78, 5) is 30.0. The Balaban J connectivity index is 1.31. The van der Waals surface area contributed by atoms with Gasteiger partial charge in [-0.1, -0.05) is 54.6 Å². The highest BCUT2D eigenvalue weighted by atomic mass is 19.4. The van der Waals surface area contributed by atoms with Crippen molar-refractivity contribution >= 4 is 35.0 Å². The number of ether oxygens (including phenoxy) is 1. The predicted octanol–water partition coefficient (Wildman–Crippen LogP) is 7.36. The molecule has 0 bridgehead atoms. The minimum absolute atomic E-state index is 0.0184. The Morgan fingerprint density at radius 1 is 0.841 bits per heavy atom. The second-order valence-electron chi connectivity index (χ2n) is 10.9. The summed E-state index contributed by atoms with van der Waals surface area (Å²) in [5, 5.41) is 12.4. The molecule has 2 amide bonds. The highest BCUT2D eigenvalue weighted by Gasteiger charge is 2.33. The zero-order valence-corrected chi connectivity index (χ0v) is 24.0. The van der Waals surface area contributed by atoms with Gasteiger partial charge in [-0.3, -0.25) is 4.79 Å². The minimum atomic E-state index is -4.53. The number of benzene rings is 3. The minimum Gasteiger partial charge on any atom is -0.444 e. The Kier molecular flexibility index (Phi) is 8.26. The van der Waals surface area contributed by atoms with Crippen LogP contribution in [-0.4, -0.2) is 32.2 Å². The molecule has 5 aromatic rings. The van der Waals surface area contributed by atoms with Gasteiger partial charge in [0.15, 0.2) is 5.65 Å². The molecule has 0 saturated heterocycles. The third-order valence-electron chi connectivity index (χ3n) is 6.35. The van der Waals surface area contributed by atoms with E-state index in [9.17, 15) is 22.8 Å². The molecule has 226 valence electrons. The molecule has 5 rings (SSSR count). The molecule has 0 saturated carbocycles. The van der Waals surface area contributed by atoms with Crippen LogP contribution in [0.15, 0.2) is 97.2 Å². The number of hydrogen-bond acceptors (Lipinski definition) is 6. The molecule has 3 N–H and O–H groups in total. The van der Waals surface area contributed by atoms with Gasteiger partial charge in [-0.25, -0.2) is 9.31 Å². The number of fused-ring (bicyclic) bond motifs is 1. The van der Waals surface area contributed by atoms with Crippen molar-refractivity contribution in [2.75, 3.05) is 10.6 Å². The van der Waals surface area contributed by atoms with Crippen LogP contribution < -0.4 is 16.0 Å². The zero-order valence-electron chi connectivity index (χ0n) is 24.0. The molecule has 0 aliphatic carbocycles. The average molecular weight is 603 g/mol. The summed E-state index contributed by atoms with van der Waals surface area (Å²) in [6, 6.07) is 23.5. The van der Waals surface area contributed by atoms with Crippen molar-refractivity contribution in [3.05, 3.63) is 108 Å². The number of alkyl halides is 3. The fraction of sp³-hybridized carbons (Fsp3) is 0.188. The summed E-state index contributed by atoms with van der Waals surface area (Å²) < 4.78 is 47.0. The standard InChI is InChI=1S/C32H29F3N6O3/c1-31(2,3)44-30(43)39-27(21-9-5-4-6-10-21)28(42)36-23-16-13-20(14-17-23)22-15-18-26-38-29(40-41(26)19-22)37-25-12-8-7-11-24(25)32(33,34)35/h4-19,27H,1-3H3,(H,36,42)(H,37,40)(H,39,43). The number of rotatable bonds is 7. The topological polar surface area (TPSA) is 110 Å². The molecule has 0 fully saturated rings. The van der Waals surface area contributed by atoms with Gasteiger partial charge >= 0.3 is 12.3 Å². The van der Waals surface area contributed by atoms with Crippen molar-refractivity contribution in [2.24, 2.45) is 0 Å². The Bertz CT molecular complexity index is 1780. The van der Waals surface area contributed by atoms with Crippen LogP contribution in [0.1, 0.15) is 37.9 Å². The van der Waals surface area contributed by atoms with E-state index in [2.05, 4.69) is 26.0 Å². The number of para-hydroxylation sites is 1. The molecule has 12 heteroatoms. The van der Waals surface area contributed by atoms with Crippen molar-refractivity contribution in [3.8, 4) is 11.1 Å². The van der Waals surface area contributed by atoms with Gasteiger partial charge in [-0.05, 0) is 68.3 Å². The summed E-state index contributed by atoms with van der Waals surface area (Å²) in [5.74, 6) is -0.434. The smallest absolute Gasteiger partial charge is 0.418 e. The number of nitrogens with one attached hydrogen (secondary N) is 3. The van der Waals surface area contributed by atoms with E-state index in [0.717, 1.165) is 17.2 Å². The molecule has 44 heavy (non-hydrogen) atoms. The molecule has 3 aromatic carbocycles. The van der Waals surface area contributed by atoms with E-state index in [1.54, 1.807) is 87.6 Å². The van der Waals surface area contributed by atoms with Gasteiger partial charge in [0.05, 0.1) is 11.3 Å². The number of hydrogen-bond donors (Lipinski definition) is 3. The highest BCUT2D eigenvalue weighted by Crippen LogP contribution is 2.35. The van der Waals surface area contributed by atoms with E-state index >= 15 is 0 Å². The Morgan fingerprint density at radius 3 is 2.18 bits per heavy atom. The van der Waals surface area contributed by atoms with Crippen LogP contribution in [0.5, 0.6) is 0 Å². The molecule has 1 unspecified atom stereocenters. The summed E-state index contributed by atoms with van der Waals surface area (Å²) in [6.07, 6.45) is -3.55. The molecule has 2 aromatic heterocycles. The van der Waals surface area contributed by atoms with Gasteiger partial charge < -0.3 is 20.7 Å². The average Bonchev–Trinajstić information content (AvgIpc) is 3.37. The van der Waals surface area contributed by atoms with E-state index in [0.29, 0.717) is 16.9 Å². The van der Waals surface area contributed by atoms with Gasteiger partial charge in [-0.2, -0.15) is 18.2 Å². The Hall–Kier alpha value is -5.39. The zero-order chi connectivity index (χ0) is 31.5. The monoisotopic (exact) mass is 602 g/mol. The first-order valence-electron chi connectivity index (χ1n) is 13.6. The van der Waals surface area contributed by atoms with E-state index < -0.39 is 35.4 Å². The number of aromatic nitrogens is 3. The number of anilines is 3. The van der Waals surface area contributed by atoms with Gasteiger partial charge in [0, 0.05) is 17.4 Å². The number of nitrogens with zero attached hydrogens (tertiary/aromatic N) is 3. The lowest BCUT2D eigenvalue weighted by atomic mass is 10.1. The highest BCUT2D eigenvalue weighted by molar-refractivity contribution is 5.97. The van der Waals surface area contributed by atoms with Crippen LogP contribution in [0.4, 0.5) is 35.3 Å². The van der Waals surface area contributed by atoms with Crippen LogP contribution in [0.3, 0.4) is 0 Å². The van der Waals surface area contributed by atoms with E-state index in [-0.39, 0.29) is 11.6 Å². The normalized spacial score (nSPS) is 12.4. The van der Waals surface area contributed by atoms with E-state index in [1.165, 1.54) is 22.7 Å². The molecule has 0 aliphatic heterocycles. The molecule has 0 radical (unpaired) electrons. The maximum Gasteiger partial charge on any atom is 0.418 e. The van der Waals surface area contributed by atoms with Crippen LogP contribution in [0.2, 0.25) is 0 Å². The molecular formula is C32H29F3N6O3. The number of carbonyl (C=O) groups is 2. The number of alkyl carbamates (subject to hydrolysis) is 1. The number of amides is 2. The van der Waals surface area contributed by atoms with Crippen LogP contribution in [0, 0.1) is 0 Å². The first-order chi connectivity index (χ1) is 20.9. The summed E-state index contributed by atoms with van der Waals surface area (Å²) in [5.41, 5.74) is 1.39. The van der Waals surface area contributed by atoms with Gasteiger partial charge in [0.1, 0.15) is 11.6 Å². The maximum absolute atomic E-state index is 13.4. The first kappa shape index (κ1) is 30.1. The molecule has 2 heterocycles. The largest absolute Gasteiger partial charge is 0.444 e. The SMILES string of the molecule is CC(C)(C)OC(=O)NC(C(=O)Nc1ccc(-c2ccc3nc(Nc4ccccc4C(F)(F)F)nn3c2)cc1)c1ccccc1. The second kappa shape index (κ2) is 12.1. The summed E-state index contributed by atoms with van der Waals surface area (Å²) >= 11 is 0. The van der Waals surface area contributed by atoms with Gasteiger partial charge in [0.2, 0.25) is 5.95 Å². The number of carbonyl (C=O) groups excluding carboxylic acids is 2. The molecule has 0 spiro atoms. The van der Waals surface area contributed by atoms with Gasteiger partial charge in [-0.15, -0.1) is 5.10 Å². The number of halogens is 3. The molecule has 9 nitrogen and oxygen atoms in total. The molecule has 1 atom stereocenters. The number of pyridine rings is 1.